The van der Waals surface area contributed by atoms with Gasteiger partial charge in [-0.25, -0.2) is 4.39 Å². The second kappa shape index (κ2) is 6.08. The van der Waals surface area contributed by atoms with Gasteiger partial charge < -0.3 is 9.84 Å². The van der Waals surface area contributed by atoms with E-state index < -0.39 is 11.9 Å². The lowest BCUT2D eigenvalue weighted by atomic mass is 10.1. The number of benzene rings is 2. The van der Waals surface area contributed by atoms with Crippen LogP contribution in [0.25, 0.3) is 0 Å². The molecule has 0 radical (unpaired) electrons. The lowest BCUT2D eigenvalue weighted by Gasteiger charge is -2.14. The molecule has 100 valence electrons. The largest absolute Gasteiger partial charge is 0.457 e. The van der Waals surface area contributed by atoms with Crippen molar-refractivity contribution in [2.75, 3.05) is 6.26 Å². The van der Waals surface area contributed by atoms with Crippen LogP contribution in [0.4, 0.5) is 4.39 Å². The topological polar surface area (TPSA) is 29.5 Å². The van der Waals surface area contributed by atoms with Gasteiger partial charge in [-0.1, -0.05) is 6.07 Å². The van der Waals surface area contributed by atoms with Gasteiger partial charge in [-0.15, -0.1) is 11.8 Å². The second-order valence-electron chi connectivity index (χ2n) is 4.11. The summed E-state index contributed by atoms with van der Waals surface area (Å²) < 4.78 is 19.3. The quantitative estimate of drug-likeness (QED) is 0.841. The average Bonchev–Trinajstić information content (AvgIpc) is 2.39. The predicted octanol–water partition coefficient (Wildman–Crippen LogP) is 4.39. The van der Waals surface area contributed by atoms with Gasteiger partial charge in [0, 0.05) is 4.90 Å². The molecule has 1 atom stereocenters. The summed E-state index contributed by atoms with van der Waals surface area (Å²) in [7, 11) is 0. The van der Waals surface area contributed by atoms with E-state index >= 15 is 0 Å². The van der Waals surface area contributed by atoms with Crippen LogP contribution in [0, 0.1) is 5.82 Å². The minimum Gasteiger partial charge on any atom is -0.457 e. The van der Waals surface area contributed by atoms with E-state index in [4.69, 9.17) is 4.74 Å². The maximum Gasteiger partial charge on any atom is 0.136 e. The van der Waals surface area contributed by atoms with Crippen LogP contribution in [-0.2, 0) is 0 Å². The Morgan fingerprint density at radius 1 is 1.16 bits per heavy atom. The van der Waals surface area contributed by atoms with Crippen LogP contribution in [0.1, 0.15) is 18.6 Å². The van der Waals surface area contributed by atoms with Crippen molar-refractivity contribution in [3.63, 3.8) is 0 Å². The van der Waals surface area contributed by atoms with Crippen molar-refractivity contribution in [2.24, 2.45) is 0 Å². The van der Waals surface area contributed by atoms with Crippen molar-refractivity contribution in [3.8, 4) is 11.5 Å². The fourth-order valence-corrected chi connectivity index (χ4v) is 2.19. The van der Waals surface area contributed by atoms with Crippen LogP contribution < -0.4 is 4.74 Å². The molecule has 2 rings (SSSR count). The first-order valence-corrected chi connectivity index (χ1v) is 7.12. The number of halogens is 1. The molecular formula is C15H15FO2S. The van der Waals surface area contributed by atoms with Gasteiger partial charge in [-0.3, -0.25) is 0 Å². The van der Waals surface area contributed by atoms with Gasteiger partial charge >= 0.3 is 0 Å². The first kappa shape index (κ1) is 13.9. The molecule has 0 fully saturated rings. The van der Waals surface area contributed by atoms with Crippen molar-refractivity contribution in [2.45, 2.75) is 17.9 Å². The normalized spacial score (nSPS) is 12.2. The zero-order valence-electron chi connectivity index (χ0n) is 10.8. The Kier molecular flexibility index (Phi) is 4.45. The molecule has 0 unspecified atom stereocenters. The van der Waals surface area contributed by atoms with E-state index in [1.54, 1.807) is 23.9 Å². The Balaban J connectivity index is 2.29. The summed E-state index contributed by atoms with van der Waals surface area (Å²) in [5.41, 5.74) is 0.177. The Morgan fingerprint density at radius 3 is 2.42 bits per heavy atom. The molecule has 0 aliphatic carbocycles. The SMILES string of the molecule is CSc1ccc(Oc2cccc(F)c2[C@H](C)O)cc1. The van der Waals surface area contributed by atoms with Crippen molar-refractivity contribution >= 4 is 11.8 Å². The highest BCUT2D eigenvalue weighted by atomic mass is 32.2. The molecule has 0 heterocycles. The van der Waals surface area contributed by atoms with E-state index in [-0.39, 0.29) is 5.56 Å². The van der Waals surface area contributed by atoms with E-state index in [9.17, 15) is 9.50 Å². The minimum atomic E-state index is -0.915. The second-order valence-corrected chi connectivity index (χ2v) is 4.98. The molecule has 1 N–H and O–H groups in total. The number of thioether (sulfide) groups is 1. The van der Waals surface area contributed by atoms with Crippen LogP contribution in [-0.4, -0.2) is 11.4 Å². The number of rotatable bonds is 4. The number of aliphatic hydroxyl groups is 1. The molecule has 2 nitrogen and oxygen atoms in total. The molecule has 0 amide bonds. The molecule has 2 aromatic rings. The average molecular weight is 278 g/mol. The van der Waals surface area contributed by atoms with E-state index in [1.807, 2.05) is 30.5 Å². The zero-order chi connectivity index (χ0) is 13.8. The van der Waals surface area contributed by atoms with Crippen LogP contribution >= 0.6 is 11.8 Å². The number of hydrogen-bond acceptors (Lipinski definition) is 3. The van der Waals surface area contributed by atoms with E-state index in [2.05, 4.69) is 0 Å². The molecule has 19 heavy (non-hydrogen) atoms. The summed E-state index contributed by atoms with van der Waals surface area (Å²) >= 11 is 1.64. The summed E-state index contributed by atoms with van der Waals surface area (Å²) in [5, 5.41) is 9.62. The van der Waals surface area contributed by atoms with Crippen molar-refractivity contribution < 1.29 is 14.2 Å². The highest BCUT2D eigenvalue weighted by Gasteiger charge is 2.15. The first-order chi connectivity index (χ1) is 9.11. The van der Waals surface area contributed by atoms with Gasteiger partial charge in [-0.2, -0.15) is 0 Å². The number of aliphatic hydroxyl groups excluding tert-OH is 1. The Bertz CT molecular complexity index is 553. The van der Waals surface area contributed by atoms with Crippen molar-refractivity contribution in [3.05, 3.63) is 53.8 Å². The minimum absolute atomic E-state index is 0.177. The monoisotopic (exact) mass is 278 g/mol. The third kappa shape index (κ3) is 3.28. The molecule has 0 aromatic heterocycles. The smallest absolute Gasteiger partial charge is 0.136 e. The molecule has 4 heteroatoms. The third-order valence-electron chi connectivity index (χ3n) is 2.72. The van der Waals surface area contributed by atoms with E-state index in [0.29, 0.717) is 11.5 Å². The Morgan fingerprint density at radius 2 is 1.84 bits per heavy atom. The Hall–Kier alpha value is -1.52. The summed E-state index contributed by atoms with van der Waals surface area (Å²) in [5.74, 6) is 0.491. The molecule has 0 saturated heterocycles. The van der Waals surface area contributed by atoms with Gasteiger partial charge in [0.25, 0.3) is 0 Å². The molecule has 0 aliphatic rings. The first-order valence-electron chi connectivity index (χ1n) is 5.90. The lowest BCUT2D eigenvalue weighted by Crippen LogP contribution is -1.99. The highest BCUT2D eigenvalue weighted by Crippen LogP contribution is 2.32. The Labute approximate surface area is 116 Å². The van der Waals surface area contributed by atoms with Gasteiger partial charge in [0.15, 0.2) is 0 Å². The standard InChI is InChI=1S/C15H15FO2S/c1-10(17)15-13(16)4-3-5-14(15)18-11-6-8-12(19-2)9-7-11/h3-10,17H,1-2H3/t10-/m0/s1. The highest BCUT2D eigenvalue weighted by molar-refractivity contribution is 7.98. The summed E-state index contributed by atoms with van der Waals surface area (Å²) in [6.45, 7) is 1.52. The summed E-state index contributed by atoms with van der Waals surface area (Å²) in [6, 6.07) is 12.0. The maximum atomic E-state index is 13.7. The lowest BCUT2D eigenvalue weighted by molar-refractivity contribution is 0.190. The van der Waals surface area contributed by atoms with Crippen molar-refractivity contribution in [1.29, 1.82) is 0 Å². The fourth-order valence-electron chi connectivity index (χ4n) is 1.78. The molecule has 0 bridgehead atoms. The fraction of sp³-hybridized carbons (Fsp3) is 0.200. The van der Waals surface area contributed by atoms with Gasteiger partial charge in [0.05, 0.1) is 11.7 Å². The maximum absolute atomic E-state index is 13.7. The number of hydrogen-bond donors (Lipinski definition) is 1. The summed E-state index contributed by atoms with van der Waals surface area (Å²) in [6.07, 6.45) is 1.08. The summed E-state index contributed by atoms with van der Waals surface area (Å²) in [4.78, 5) is 1.13. The molecular weight excluding hydrogens is 263 g/mol. The molecule has 0 saturated carbocycles. The van der Waals surface area contributed by atoms with Crippen LogP contribution in [0.2, 0.25) is 0 Å². The van der Waals surface area contributed by atoms with Gasteiger partial charge in [-0.05, 0) is 49.6 Å². The van der Waals surface area contributed by atoms with Crippen LogP contribution in [0.3, 0.4) is 0 Å². The predicted molar refractivity (Wildman–Crippen MR) is 75.3 cm³/mol. The van der Waals surface area contributed by atoms with Crippen molar-refractivity contribution in [1.82, 2.24) is 0 Å². The van der Waals surface area contributed by atoms with Gasteiger partial charge in [0.2, 0.25) is 0 Å². The third-order valence-corrected chi connectivity index (χ3v) is 3.46. The van der Waals surface area contributed by atoms with Crippen LogP contribution in [0.5, 0.6) is 11.5 Å². The number of ether oxygens (including phenoxy) is 1. The molecule has 0 aliphatic heterocycles. The molecule has 0 spiro atoms. The zero-order valence-corrected chi connectivity index (χ0v) is 11.6. The van der Waals surface area contributed by atoms with Gasteiger partial charge in [0.1, 0.15) is 17.3 Å². The van der Waals surface area contributed by atoms with E-state index in [0.717, 1.165) is 4.90 Å². The van der Waals surface area contributed by atoms with E-state index in [1.165, 1.54) is 13.0 Å². The van der Waals surface area contributed by atoms with Crippen LogP contribution in [0.15, 0.2) is 47.4 Å². The molecule has 2 aromatic carbocycles.